The molecule has 0 radical (unpaired) electrons. The second kappa shape index (κ2) is 34.8. The molecule has 1 aromatic heterocycles. The average Bonchev–Trinajstić information content (AvgIpc) is 1.61. The molecule has 23 heteroatoms. The third-order valence-corrected chi connectivity index (χ3v) is 23.9. The lowest BCUT2D eigenvalue weighted by Crippen LogP contribution is -2.61. The zero-order valence-electron chi connectivity index (χ0n) is 62.6. The lowest BCUT2D eigenvalue weighted by atomic mass is 9.52. The fourth-order valence-corrected chi connectivity index (χ4v) is 17.7. The van der Waals surface area contributed by atoms with Crippen molar-refractivity contribution in [3.63, 3.8) is 0 Å². The largest absolute Gasteiger partial charge is 0.460 e. The Bertz CT molecular complexity index is 3480. The van der Waals surface area contributed by atoms with Crippen molar-refractivity contribution in [2.75, 3.05) is 41.6 Å². The van der Waals surface area contributed by atoms with Crippen molar-refractivity contribution in [3.8, 4) is 0 Å². The summed E-state index contributed by atoms with van der Waals surface area (Å²) in [6, 6.07) is -1.23. The minimum absolute atomic E-state index is 0.0290. The Morgan fingerprint density at radius 1 is 0.786 bits per heavy atom. The van der Waals surface area contributed by atoms with Crippen LogP contribution in [0.15, 0.2) is 69.6 Å². The maximum Gasteiger partial charge on any atom is 0.342 e. The Morgan fingerprint density at radius 3 is 2.21 bits per heavy atom. The normalized spacial score (nSPS) is 35.6. The molecule has 4 aliphatic heterocycles. The number of Topliss-reactive ketones (excluding diaryl/α,β-unsaturated/α-hetero) is 5. The van der Waals surface area contributed by atoms with Gasteiger partial charge in [-0.3, -0.25) is 38.4 Å². The Kier molecular flexibility index (Phi) is 27.2. The summed E-state index contributed by atoms with van der Waals surface area (Å²) in [7, 11) is 5.95. The van der Waals surface area contributed by atoms with Crippen LogP contribution < -0.4 is 0 Å². The molecule has 0 aromatic carbocycles. The number of unbranched alkanes of at least 4 members (excludes halogenated alkanes) is 3. The van der Waals surface area contributed by atoms with E-state index in [0.29, 0.717) is 107 Å². The highest BCUT2D eigenvalue weighted by molar-refractivity contribution is 6.39. The van der Waals surface area contributed by atoms with E-state index in [4.69, 9.17) is 47.0 Å². The van der Waals surface area contributed by atoms with Gasteiger partial charge in [0.25, 0.3) is 11.7 Å². The number of carbonyl (C=O) groups is 10. The number of aliphatic hydroxyl groups excluding tert-OH is 1. The molecule has 0 spiro atoms. The molecule has 5 heterocycles. The van der Waals surface area contributed by atoms with Gasteiger partial charge in [0.1, 0.15) is 47.4 Å². The van der Waals surface area contributed by atoms with E-state index in [0.717, 1.165) is 5.57 Å². The van der Waals surface area contributed by atoms with E-state index < -0.39 is 143 Å². The Balaban J connectivity index is 0.930. The number of hydrogen-bond acceptors (Lipinski definition) is 22. The van der Waals surface area contributed by atoms with Crippen LogP contribution in [0, 0.1) is 52.8 Å². The summed E-state index contributed by atoms with van der Waals surface area (Å²) in [5.41, 5.74) is -0.0313. The second-order valence-electron chi connectivity index (χ2n) is 31.2. The first-order valence-corrected chi connectivity index (χ1v) is 37.5. The molecule has 1 amide bonds. The quantitative estimate of drug-likeness (QED) is 0.0481. The SMILES string of the molecule is COC[C@H]1OC(=O)c2coc3c2[C@@]1(C)C1=C(OC(=O)CCCCCCC(=O)O[C@@H]2C(C)=C[C@@H](C)C(=O)C[C@@H]([C@H](C)C[C@@H]4CC[C@@H](O)[C@H](OC)C4)OC(=O)[C@@H]4CCCCN4C(=O)C(=O)[C@]4(O)O[C@@H](CC[C@H]4C)C[C@H](OC)C(C)=CC=CC=C[C@@H](C)C[C@@H](C)C(=O)[C@@H]2OC)C[C@]2(C)C(=O)CC[C@H]2C1C3=O. The molecule has 9 rings (SSSR count). The number of hydrogen-bond donors (Lipinski definition) is 2. The predicted molar refractivity (Wildman–Crippen MR) is 375 cm³/mol. The number of ketones is 5. The van der Waals surface area contributed by atoms with Gasteiger partial charge in [-0.2, -0.15) is 0 Å². The summed E-state index contributed by atoms with van der Waals surface area (Å²) < 4.78 is 60.1. The number of ether oxygens (including phenoxy) is 9. The number of aliphatic hydroxyl groups is 2. The molecule has 2 N–H and O–H groups in total. The molecule has 4 fully saturated rings. The van der Waals surface area contributed by atoms with E-state index in [1.165, 1.54) is 25.4 Å². The maximum atomic E-state index is 14.9. The molecule has 2 saturated carbocycles. The van der Waals surface area contributed by atoms with Gasteiger partial charge in [-0.25, -0.2) is 9.59 Å². The van der Waals surface area contributed by atoms with Gasteiger partial charge in [0.05, 0.1) is 42.4 Å². The van der Waals surface area contributed by atoms with Crippen molar-refractivity contribution < 1.29 is 105 Å². The Morgan fingerprint density at radius 2 is 1.51 bits per heavy atom. The summed E-state index contributed by atoms with van der Waals surface area (Å²) in [5.74, 6) is -12.4. The summed E-state index contributed by atoms with van der Waals surface area (Å²) in [4.78, 5) is 144. The van der Waals surface area contributed by atoms with Crippen LogP contribution in [0.5, 0.6) is 0 Å². The topological polar surface area (TPSA) is 311 Å². The smallest absolute Gasteiger partial charge is 0.342 e. The molecule has 1 unspecified atom stereocenters. The van der Waals surface area contributed by atoms with Gasteiger partial charge in [0.15, 0.2) is 23.8 Å². The Labute approximate surface area is 605 Å². The second-order valence-corrected chi connectivity index (χ2v) is 31.2. The number of amides is 1. The van der Waals surface area contributed by atoms with Crippen LogP contribution in [-0.4, -0.2) is 176 Å². The van der Waals surface area contributed by atoms with Crippen LogP contribution in [0.3, 0.4) is 0 Å². The summed E-state index contributed by atoms with van der Waals surface area (Å²) in [5, 5.41) is 22.9. The first-order chi connectivity index (χ1) is 48.9. The van der Waals surface area contributed by atoms with E-state index >= 15 is 0 Å². The number of allylic oxidation sites excluding steroid dienone is 7. The Hall–Kier alpha value is -6.60. The molecular weight excluding hydrogens is 1330 g/mol. The van der Waals surface area contributed by atoms with E-state index in [1.807, 2.05) is 65.0 Å². The van der Waals surface area contributed by atoms with E-state index in [-0.39, 0.29) is 110 Å². The lowest BCUT2D eigenvalue weighted by molar-refractivity contribution is -0.265. The van der Waals surface area contributed by atoms with Crippen LogP contribution in [0.1, 0.15) is 224 Å². The number of rotatable bonds is 17. The van der Waals surface area contributed by atoms with E-state index in [2.05, 4.69) is 0 Å². The zero-order chi connectivity index (χ0) is 75.0. The first-order valence-electron chi connectivity index (χ1n) is 37.5. The van der Waals surface area contributed by atoms with Crippen molar-refractivity contribution in [3.05, 3.63) is 82.1 Å². The summed E-state index contributed by atoms with van der Waals surface area (Å²) >= 11 is 0. The van der Waals surface area contributed by atoms with Gasteiger partial charge in [0, 0.05) is 102 Å². The van der Waals surface area contributed by atoms with E-state index in [1.54, 1.807) is 48.0 Å². The molecule has 2 bridgehead atoms. The zero-order valence-corrected chi connectivity index (χ0v) is 62.6. The molecule has 2 saturated heterocycles. The first kappa shape index (κ1) is 80.5. The molecule has 1 aromatic rings. The van der Waals surface area contributed by atoms with Crippen molar-refractivity contribution in [1.82, 2.24) is 4.90 Å². The fraction of sp³-hybridized carbons (Fsp3) is 0.700. The number of fused-ring (bicyclic) bond motifs is 7. The monoisotopic (exact) mass is 1440 g/mol. The third-order valence-electron chi connectivity index (χ3n) is 23.9. The van der Waals surface area contributed by atoms with Crippen molar-refractivity contribution in [1.29, 1.82) is 0 Å². The number of piperidine rings is 1. The average molecular weight is 1440 g/mol. The van der Waals surface area contributed by atoms with Crippen LogP contribution >= 0.6 is 0 Å². The minimum Gasteiger partial charge on any atom is -0.460 e. The molecule has 103 heavy (non-hydrogen) atoms. The van der Waals surface area contributed by atoms with Crippen molar-refractivity contribution in [2.24, 2.45) is 52.8 Å². The van der Waals surface area contributed by atoms with Crippen LogP contribution in [-0.2, 0) is 86.4 Å². The van der Waals surface area contributed by atoms with Gasteiger partial charge in [-0.05, 0) is 145 Å². The highest BCUT2D eigenvalue weighted by atomic mass is 16.6. The van der Waals surface area contributed by atoms with Crippen molar-refractivity contribution in [2.45, 2.75) is 263 Å². The minimum atomic E-state index is -2.49. The molecule has 23 nitrogen and oxygen atoms in total. The van der Waals surface area contributed by atoms with Crippen LogP contribution in [0.4, 0.5) is 0 Å². The van der Waals surface area contributed by atoms with Gasteiger partial charge in [0.2, 0.25) is 11.6 Å². The van der Waals surface area contributed by atoms with Crippen LogP contribution in [0.25, 0.3) is 0 Å². The highest BCUT2D eigenvalue weighted by Gasteiger charge is 2.66. The van der Waals surface area contributed by atoms with E-state index in [9.17, 15) is 58.2 Å². The fourth-order valence-electron chi connectivity index (χ4n) is 17.7. The number of furan rings is 1. The maximum absolute atomic E-state index is 14.9. The van der Waals surface area contributed by atoms with Gasteiger partial charge in [-0.1, -0.05) is 90.8 Å². The molecule has 4 aliphatic carbocycles. The highest BCUT2D eigenvalue weighted by Crippen LogP contribution is 2.63. The summed E-state index contributed by atoms with van der Waals surface area (Å²) in [6.07, 6.45) is 12.4. The number of esters is 4. The number of nitrogens with zero attached hydrogens (tertiary/aromatic N) is 1. The standard InChI is InChI=1S/C80H111NO22/c1-44-23-17-16-18-24-45(2)58(95-11)39-52-30-28-50(7)80(93,103-52)74(89)75(90)81-34-22-21-25-55(81)77(92)100-59(47(4)37-51-29-32-56(82)60(38-51)96-12)40-57(83)46(3)36-49(6)71(73(97-13)69(87)48(5)35-44)102-65(86)27-20-15-14-19-26-64(85)99-61-41-78(8)54(31-33-62(78)84)66-68(61)79(9)63(43-94-10)101-76(91)53-42-98-72(67(53)79)70(66)88/h16-18,23-24,36,42,44,46-48,50-52,54-56,58-60,63,66,71,73,82,93H,14-15,19-22,25-35,37-41,43H2,1-13H3/t44-,46-,47-,48-,50-,51+,52+,54+,55+,56-,58+,59+,60-,63-,66?,71-,73+,78+,79+,80-/m1/s1. The van der Waals surface area contributed by atoms with Gasteiger partial charge in [-0.15, -0.1) is 0 Å². The van der Waals surface area contributed by atoms with Crippen molar-refractivity contribution >= 4 is 58.7 Å². The van der Waals surface area contributed by atoms with Gasteiger partial charge >= 0.3 is 23.9 Å². The predicted octanol–water partition coefficient (Wildman–Crippen LogP) is 10.8. The lowest BCUT2D eigenvalue weighted by Gasteiger charge is -2.52. The van der Waals surface area contributed by atoms with Crippen LogP contribution in [0.2, 0.25) is 0 Å². The number of carbonyl (C=O) groups excluding carboxylic acids is 10. The number of cyclic esters (lactones) is 2. The van der Waals surface area contributed by atoms with Gasteiger partial charge < -0.3 is 62.2 Å². The number of methoxy groups -OCH3 is 4. The summed E-state index contributed by atoms with van der Waals surface area (Å²) in [6.45, 7) is 16.2. The molecular formula is C80H111NO22. The molecule has 568 valence electrons. The molecule has 8 aliphatic rings. The molecule has 20 atom stereocenters. The third kappa shape index (κ3) is 17.4.